The van der Waals surface area contributed by atoms with Crippen LogP contribution in [0.1, 0.15) is 16.8 Å². The molecule has 0 bridgehead atoms. The molecule has 104 valence electrons. The Morgan fingerprint density at radius 1 is 1.35 bits per heavy atom. The highest BCUT2D eigenvalue weighted by atomic mass is 35.5. The third-order valence-electron chi connectivity index (χ3n) is 2.71. The van der Waals surface area contributed by atoms with Crippen LogP contribution in [0.25, 0.3) is 0 Å². The number of halogens is 1. The van der Waals surface area contributed by atoms with Crippen LogP contribution < -0.4 is 5.73 Å². The number of aryl methyl sites for hydroxylation is 1. The SMILES string of the molecule is Cc1ccc(/C(N)=N/O)c(SCc2ccccc2Cl)n1. The second kappa shape index (κ2) is 6.63. The normalized spacial score (nSPS) is 11.6. The van der Waals surface area contributed by atoms with Gasteiger partial charge in [-0.1, -0.05) is 35.0 Å². The van der Waals surface area contributed by atoms with Crippen molar-refractivity contribution >= 4 is 29.2 Å². The molecule has 0 radical (unpaired) electrons. The highest BCUT2D eigenvalue weighted by molar-refractivity contribution is 7.98. The van der Waals surface area contributed by atoms with Gasteiger partial charge in [0, 0.05) is 16.5 Å². The molecule has 0 unspecified atom stereocenters. The molecule has 0 fully saturated rings. The number of aromatic nitrogens is 1. The van der Waals surface area contributed by atoms with Gasteiger partial charge < -0.3 is 10.9 Å². The van der Waals surface area contributed by atoms with Crippen LogP contribution in [0.5, 0.6) is 0 Å². The van der Waals surface area contributed by atoms with E-state index in [0.717, 1.165) is 21.3 Å². The second-order valence-electron chi connectivity index (χ2n) is 4.17. The zero-order valence-corrected chi connectivity index (χ0v) is 12.4. The Morgan fingerprint density at radius 2 is 2.10 bits per heavy atom. The van der Waals surface area contributed by atoms with Crippen molar-refractivity contribution in [2.45, 2.75) is 17.7 Å². The van der Waals surface area contributed by atoms with Gasteiger partial charge in [0.25, 0.3) is 0 Å². The second-order valence-corrected chi connectivity index (χ2v) is 5.54. The minimum absolute atomic E-state index is 0.0548. The van der Waals surface area contributed by atoms with E-state index in [4.69, 9.17) is 22.5 Å². The largest absolute Gasteiger partial charge is 0.409 e. The van der Waals surface area contributed by atoms with Crippen molar-refractivity contribution in [3.63, 3.8) is 0 Å². The van der Waals surface area contributed by atoms with Gasteiger partial charge in [-0.2, -0.15) is 0 Å². The van der Waals surface area contributed by atoms with Gasteiger partial charge in [0.05, 0.1) is 5.56 Å². The molecular weight excluding hydrogens is 294 g/mol. The number of thioether (sulfide) groups is 1. The Hall–Kier alpha value is -1.72. The summed E-state index contributed by atoms with van der Waals surface area (Å²) in [5.74, 6) is 0.723. The number of rotatable bonds is 4. The van der Waals surface area contributed by atoms with Crippen LogP contribution in [0.2, 0.25) is 5.02 Å². The fourth-order valence-corrected chi connectivity index (χ4v) is 3.02. The highest BCUT2D eigenvalue weighted by Gasteiger charge is 2.10. The van der Waals surface area contributed by atoms with Crippen molar-refractivity contribution in [2.75, 3.05) is 0 Å². The lowest BCUT2D eigenvalue weighted by atomic mass is 10.2. The van der Waals surface area contributed by atoms with Crippen LogP contribution >= 0.6 is 23.4 Å². The van der Waals surface area contributed by atoms with E-state index in [1.807, 2.05) is 37.3 Å². The molecule has 2 rings (SSSR count). The fraction of sp³-hybridized carbons (Fsp3) is 0.143. The summed E-state index contributed by atoms with van der Waals surface area (Å²) in [5, 5.41) is 13.3. The van der Waals surface area contributed by atoms with Crippen LogP contribution in [0.4, 0.5) is 0 Å². The summed E-state index contributed by atoms with van der Waals surface area (Å²) in [6.07, 6.45) is 0. The number of benzene rings is 1. The average Bonchev–Trinajstić information content (AvgIpc) is 2.46. The number of pyridine rings is 1. The van der Waals surface area contributed by atoms with E-state index in [2.05, 4.69) is 10.1 Å². The summed E-state index contributed by atoms with van der Waals surface area (Å²) in [4.78, 5) is 4.43. The van der Waals surface area contributed by atoms with Crippen LogP contribution in [-0.2, 0) is 5.75 Å². The lowest BCUT2D eigenvalue weighted by Gasteiger charge is -2.09. The molecular formula is C14H14ClN3OS. The van der Waals surface area contributed by atoms with Crippen molar-refractivity contribution < 1.29 is 5.21 Å². The van der Waals surface area contributed by atoms with Crippen molar-refractivity contribution in [1.29, 1.82) is 0 Å². The first kappa shape index (κ1) is 14.7. The highest BCUT2D eigenvalue weighted by Crippen LogP contribution is 2.27. The Kier molecular flexibility index (Phi) is 4.87. The molecule has 4 nitrogen and oxygen atoms in total. The van der Waals surface area contributed by atoms with Crippen molar-refractivity contribution in [3.8, 4) is 0 Å². The van der Waals surface area contributed by atoms with Crippen LogP contribution in [-0.4, -0.2) is 16.0 Å². The van der Waals surface area contributed by atoms with E-state index < -0.39 is 0 Å². The monoisotopic (exact) mass is 307 g/mol. The van der Waals surface area contributed by atoms with E-state index in [1.165, 1.54) is 11.8 Å². The van der Waals surface area contributed by atoms with Gasteiger partial charge in [-0.15, -0.1) is 11.8 Å². The first-order valence-electron chi connectivity index (χ1n) is 5.93. The van der Waals surface area contributed by atoms with Crippen molar-refractivity contribution in [2.24, 2.45) is 10.9 Å². The van der Waals surface area contributed by atoms with E-state index in [1.54, 1.807) is 6.07 Å². The fourth-order valence-electron chi connectivity index (χ4n) is 1.65. The molecule has 0 aliphatic carbocycles. The molecule has 0 saturated carbocycles. The molecule has 0 atom stereocenters. The summed E-state index contributed by atoms with van der Waals surface area (Å²) >= 11 is 7.63. The summed E-state index contributed by atoms with van der Waals surface area (Å²) in [6, 6.07) is 11.3. The summed E-state index contributed by atoms with van der Waals surface area (Å²) in [7, 11) is 0. The number of hydrogen-bond acceptors (Lipinski definition) is 4. The van der Waals surface area contributed by atoms with Crippen molar-refractivity contribution in [3.05, 3.63) is 58.2 Å². The zero-order chi connectivity index (χ0) is 14.5. The van der Waals surface area contributed by atoms with Crippen LogP contribution in [0, 0.1) is 6.92 Å². The maximum Gasteiger partial charge on any atom is 0.172 e. The number of nitrogens with two attached hydrogens (primary N) is 1. The lowest BCUT2D eigenvalue weighted by Crippen LogP contribution is -2.15. The zero-order valence-electron chi connectivity index (χ0n) is 10.9. The van der Waals surface area contributed by atoms with E-state index >= 15 is 0 Å². The molecule has 2 aromatic rings. The molecule has 1 aromatic carbocycles. The first-order valence-corrected chi connectivity index (χ1v) is 7.30. The molecule has 1 heterocycles. The third kappa shape index (κ3) is 3.43. The molecule has 0 aliphatic rings. The van der Waals surface area contributed by atoms with E-state index in [0.29, 0.717) is 11.3 Å². The van der Waals surface area contributed by atoms with Gasteiger partial charge in [0.2, 0.25) is 0 Å². The Balaban J connectivity index is 2.25. The molecule has 6 heteroatoms. The van der Waals surface area contributed by atoms with Gasteiger partial charge in [-0.3, -0.25) is 0 Å². The Labute approximate surface area is 126 Å². The minimum atomic E-state index is 0.0548. The average molecular weight is 308 g/mol. The lowest BCUT2D eigenvalue weighted by molar-refractivity contribution is 0.318. The number of amidine groups is 1. The topological polar surface area (TPSA) is 71.5 Å². The Bertz CT molecular complexity index is 646. The number of nitrogens with zero attached hydrogens (tertiary/aromatic N) is 2. The molecule has 0 spiro atoms. The van der Waals surface area contributed by atoms with E-state index in [-0.39, 0.29) is 5.84 Å². The van der Waals surface area contributed by atoms with Crippen LogP contribution in [0.3, 0.4) is 0 Å². The summed E-state index contributed by atoms with van der Waals surface area (Å²) in [5.41, 5.74) is 8.18. The van der Waals surface area contributed by atoms with Gasteiger partial charge in [0.1, 0.15) is 5.03 Å². The maximum atomic E-state index is 8.82. The molecule has 0 aliphatic heterocycles. The summed E-state index contributed by atoms with van der Waals surface area (Å²) in [6.45, 7) is 1.90. The molecule has 0 amide bonds. The van der Waals surface area contributed by atoms with Gasteiger partial charge in [-0.05, 0) is 30.7 Å². The smallest absolute Gasteiger partial charge is 0.172 e. The minimum Gasteiger partial charge on any atom is -0.409 e. The molecule has 3 N–H and O–H groups in total. The van der Waals surface area contributed by atoms with Gasteiger partial charge >= 0.3 is 0 Å². The molecule has 0 saturated heterocycles. The predicted octanol–water partition coefficient (Wildman–Crippen LogP) is 3.43. The van der Waals surface area contributed by atoms with Gasteiger partial charge in [0.15, 0.2) is 5.84 Å². The molecule has 20 heavy (non-hydrogen) atoms. The van der Waals surface area contributed by atoms with Gasteiger partial charge in [-0.25, -0.2) is 4.98 Å². The quantitative estimate of drug-likeness (QED) is 0.298. The number of hydrogen-bond donors (Lipinski definition) is 2. The Morgan fingerprint density at radius 3 is 2.80 bits per heavy atom. The number of oxime groups is 1. The molecule has 1 aromatic heterocycles. The van der Waals surface area contributed by atoms with E-state index in [9.17, 15) is 0 Å². The first-order chi connectivity index (χ1) is 9.61. The standard InChI is InChI=1S/C14H14ClN3OS/c1-9-6-7-11(13(16)18-19)14(17-9)20-8-10-4-2-3-5-12(10)15/h2-7,19H,8H2,1H3,(H2,16,18). The van der Waals surface area contributed by atoms with Crippen LogP contribution in [0.15, 0.2) is 46.6 Å². The van der Waals surface area contributed by atoms with Crippen molar-refractivity contribution in [1.82, 2.24) is 4.98 Å². The third-order valence-corrected chi connectivity index (χ3v) is 4.11. The predicted molar refractivity (Wildman–Crippen MR) is 82.5 cm³/mol. The maximum absolute atomic E-state index is 8.82. The summed E-state index contributed by atoms with van der Waals surface area (Å²) < 4.78 is 0.